The standard InChI is InChI=1S/C13H16N4O2S/c1-3-6-19-11-5-4-10(7-12(11)18-2)8-15-17-9-14-16-13(17)20/h4-5,7-9H,3,6H2,1-2H3,(H,16,20)/b15-8-. The van der Waals surface area contributed by atoms with E-state index in [9.17, 15) is 0 Å². The van der Waals surface area contributed by atoms with Crippen LogP contribution in [0.15, 0.2) is 29.6 Å². The predicted molar refractivity (Wildman–Crippen MR) is 79.2 cm³/mol. The van der Waals surface area contributed by atoms with Crippen molar-refractivity contribution < 1.29 is 9.47 Å². The Hall–Kier alpha value is -2.15. The Morgan fingerprint density at radius 2 is 2.30 bits per heavy atom. The number of nitrogens with one attached hydrogen (secondary N) is 1. The molecule has 0 saturated carbocycles. The maximum atomic E-state index is 5.60. The summed E-state index contributed by atoms with van der Waals surface area (Å²) in [5.41, 5.74) is 0.883. The van der Waals surface area contributed by atoms with Crippen molar-refractivity contribution >= 4 is 18.4 Å². The summed E-state index contributed by atoms with van der Waals surface area (Å²) in [7, 11) is 1.61. The summed E-state index contributed by atoms with van der Waals surface area (Å²) in [5.74, 6) is 1.41. The van der Waals surface area contributed by atoms with E-state index in [1.54, 1.807) is 13.3 Å². The van der Waals surface area contributed by atoms with Gasteiger partial charge >= 0.3 is 0 Å². The van der Waals surface area contributed by atoms with E-state index >= 15 is 0 Å². The maximum Gasteiger partial charge on any atom is 0.216 e. The molecule has 106 valence electrons. The number of H-pyrrole nitrogens is 1. The van der Waals surface area contributed by atoms with Crippen LogP contribution >= 0.6 is 12.2 Å². The molecule has 0 radical (unpaired) electrons. The Balaban J connectivity index is 2.19. The summed E-state index contributed by atoms with van der Waals surface area (Å²) in [6.45, 7) is 2.72. The van der Waals surface area contributed by atoms with Crippen LogP contribution in [0.4, 0.5) is 0 Å². The van der Waals surface area contributed by atoms with Crippen molar-refractivity contribution in [3.05, 3.63) is 34.9 Å². The van der Waals surface area contributed by atoms with Crippen molar-refractivity contribution in [1.29, 1.82) is 0 Å². The molecule has 0 fully saturated rings. The number of nitrogens with zero attached hydrogens (tertiary/aromatic N) is 3. The van der Waals surface area contributed by atoms with Gasteiger partial charge in [0, 0.05) is 0 Å². The molecule has 0 atom stereocenters. The number of hydrogen-bond donors (Lipinski definition) is 1. The lowest BCUT2D eigenvalue weighted by Crippen LogP contribution is -1.98. The third kappa shape index (κ3) is 3.45. The molecule has 1 aromatic carbocycles. The highest BCUT2D eigenvalue weighted by Crippen LogP contribution is 2.27. The van der Waals surface area contributed by atoms with Gasteiger partial charge in [-0.15, -0.1) is 0 Å². The third-order valence-electron chi connectivity index (χ3n) is 2.52. The van der Waals surface area contributed by atoms with Gasteiger partial charge in [0.05, 0.1) is 19.9 Å². The highest BCUT2D eigenvalue weighted by atomic mass is 32.1. The molecular weight excluding hydrogens is 276 g/mol. The number of rotatable bonds is 6. The van der Waals surface area contributed by atoms with E-state index in [1.807, 2.05) is 18.2 Å². The lowest BCUT2D eigenvalue weighted by molar-refractivity contribution is 0.294. The van der Waals surface area contributed by atoms with E-state index in [2.05, 4.69) is 22.2 Å². The van der Waals surface area contributed by atoms with Gasteiger partial charge < -0.3 is 9.47 Å². The van der Waals surface area contributed by atoms with Gasteiger partial charge in [-0.3, -0.25) is 5.10 Å². The normalized spacial score (nSPS) is 10.9. The van der Waals surface area contributed by atoms with Crippen molar-refractivity contribution in [1.82, 2.24) is 14.9 Å². The first kappa shape index (κ1) is 14.3. The van der Waals surface area contributed by atoms with Crippen molar-refractivity contribution in [2.45, 2.75) is 13.3 Å². The molecular formula is C13H16N4O2S. The number of benzene rings is 1. The van der Waals surface area contributed by atoms with E-state index in [4.69, 9.17) is 21.7 Å². The van der Waals surface area contributed by atoms with E-state index in [1.165, 1.54) is 11.0 Å². The molecule has 6 nitrogen and oxygen atoms in total. The van der Waals surface area contributed by atoms with E-state index in [0.29, 0.717) is 17.1 Å². The molecule has 0 aliphatic rings. The van der Waals surface area contributed by atoms with Crippen LogP contribution in [0.25, 0.3) is 0 Å². The summed E-state index contributed by atoms with van der Waals surface area (Å²) in [4.78, 5) is 0. The van der Waals surface area contributed by atoms with Gasteiger partial charge in [-0.05, 0) is 42.4 Å². The summed E-state index contributed by atoms with van der Waals surface area (Å²) in [5, 5.41) is 10.6. The van der Waals surface area contributed by atoms with Crippen LogP contribution in [0.2, 0.25) is 0 Å². The molecule has 0 spiro atoms. The summed E-state index contributed by atoms with van der Waals surface area (Å²) < 4.78 is 12.8. The fraction of sp³-hybridized carbons (Fsp3) is 0.308. The highest BCUT2D eigenvalue weighted by molar-refractivity contribution is 7.71. The molecule has 0 unspecified atom stereocenters. The number of aromatic amines is 1. The topological polar surface area (TPSA) is 64.4 Å². The number of hydrogen-bond acceptors (Lipinski definition) is 5. The van der Waals surface area contributed by atoms with Crippen molar-refractivity contribution in [2.24, 2.45) is 5.10 Å². The Kier molecular flexibility index (Phi) is 4.89. The first-order valence-electron chi connectivity index (χ1n) is 6.21. The molecule has 1 aromatic heterocycles. The number of aromatic nitrogens is 3. The maximum absolute atomic E-state index is 5.60. The molecule has 1 heterocycles. The number of methoxy groups -OCH3 is 1. The smallest absolute Gasteiger partial charge is 0.216 e. The van der Waals surface area contributed by atoms with Gasteiger partial charge in [-0.25, -0.2) is 0 Å². The second-order valence-corrected chi connectivity index (χ2v) is 4.40. The predicted octanol–water partition coefficient (Wildman–Crippen LogP) is 2.62. The lowest BCUT2D eigenvalue weighted by Gasteiger charge is -2.10. The van der Waals surface area contributed by atoms with Crippen LogP contribution < -0.4 is 9.47 Å². The van der Waals surface area contributed by atoms with Gasteiger partial charge in [-0.2, -0.15) is 14.9 Å². The van der Waals surface area contributed by atoms with Crippen LogP contribution in [0.5, 0.6) is 11.5 Å². The minimum atomic E-state index is 0.441. The van der Waals surface area contributed by atoms with Crippen molar-refractivity contribution in [3.63, 3.8) is 0 Å². The fourth-order valence-electron chi connectivity index (χ4n) is 1.55. The van der Waals surface area contributed by atoms with Gasteiger partial charge in [0.25, 0.3) is 0 Å². The van der Waals surface area contributed by atoms with Gasteiger partial charge in [0.2, 0.25) is 4.77 Å². The molecule has 0 aliphatic carbocycles. The average Bonchev–Trinajstić information content (AvgIpc) is 2.88. The average molecular weight is 292 g/mol. The number of ether oxygens (including phenoxy) is 2. The highest BCUT2D eigenvalue weighted by Gasteiger charge is 2.04. The molecule has 0 saturated heterocycles. The Bertz CT molecular complexity index is 648. The molecule has 20 heavy (non-hydrogen) atoms. The second kappa shape index (κ2) is 6.85. The molecule has 2 rings (SSSR count). The van der Waals surface area contributed by atoms with Crippen LogP contribution in [-0.2, 0) is 0 Å². The zero-order chi connectivity index (χ0) is 14.4. The minimum absolute atomic E-state index is 0.441. The SMILES string of the molecule is CCCOc1ccc(/C=N\n2cn[nH]c2=S)cc1OC. The molecule has 0 amide bonds. The van der Waals surface area contributed by atoms with Crippen molar-refractivity contribution in [2.75, 3.05) is 13.7 Å². The lowest BCUT2D eigenvalue weighted by atomic mass is 10.2. The Morgan fingerprint density at radius 3 is 2.95 bits per heavy atom. The molecule has 1 N–H and O–H groups in total. The molecule has 2 aromatic rings. The zero-order valence-corrected chi connectivity index (χ0v) is 12.2. The van der Waals surface area contributed by atoms with Crippen LogP contribution in [0.1, 0.15) is 18.9 Å². The summed E-state index contributed by atoms with van der Waals surface area (Å²) in [6, 6.07) is 5.63. The van der Waals surface area contributed by atoms with Crippen LogP contribution in [-0.4, -0.2) is 34.8 Å². The molecule has 0 bridgehead atoms. The van der Waals surface area contributed by atoms with Crippen LogP contribution in [0, 0.1) is 4.77 Å². The second-order valence-electron chi connectivity index (χ2n) is 4.01. The van der Waals surface area contributed by atoms with Gasteiger partial charge in [-0.1, -0.05) is 6.92 Å². The first-order chi connectivity index (χ1) is 9.74. The Labute approximate surface area is 122 Å². The third-order valence-corrected chi connectivity index (χ3v) is 2.79. The van der Waals surface area contributed by atoms with Crippen LogP contribution in [0.3, 0.4) is 0 Å². The van der Waals surface area contributed by atoms with E-state index < -0.39 is 0 Å². The largest absolute Gasteiger partial charge is 0.493 e. The van der Waals surface area contributed by atoms with Gasteiger partial charge in [0.1, 0.15) is 6.33 Å². The summed E-state index contributed by atoms with van der Waals surface area (Å²) in [6.07, 6.45) is 4.14. The van der Waals surface area contributed by atoms with E-state index in [0.717, 1.165) is 17.7 Å². The van der Waals surface area contributed by atoms with E-state index in [-0.39, 0.29) is 0 Å². The summed E-state index contributed by atoms with van der Waals surface area (Å²) >= 11 is 5.00. The molecule has 0 aliphatic heterocycles. The zero-order valence-electron chi connectivity index (χ0n) is 11.4. The first-order valence-corrected chi connectivity index (χ1v) is 6.62. The monoisotopic (exact) mass is 292 g/mol. The molecule has 7 heteroatoms. The van der Waals surface area contributed by atoms with Gasteiger partial charge in [0.15, 0.2) is 11.5 Å². The fourth-order valence-corrected chi connectivity index (χ4v) is 1.70. The quantitative estimate of drug-likeness (QED) is 0.656. The Morgan fingerprint density at radius 1 is 1.45 bits per heavy atom. The van der Waals surface area contributed by atoms with Crippen molar-refractivity contribution in [3.8, 4) is 11.5 Å². The minimum Gasteiger partial charge on any atom is -0.493 e.